The van der Waals surface area contributed by atoms with Gasteiger partial charge in [-0.3, -0.25) is 4.79 Å². The second-order valence-electron chi connectivity index (χ2n) is 5.76. The Morgan fingerprint density at radius 1 is 1.00 bits per heavy atom. The standard InChI is InChI=1S/C20H24N2O4.ClH/c1-2-25-20(24)14-26-18-9-5-15(6-10-18)11-12-22-19(23)13-16-3-7-17(21)8-4-16;/h3-10H,2,11-14,21H2,1H3,(H,22,23);1H. The Kier molecular flexibility index (Phi) is 9.75. The molecule has 2 aromatic carbocycles. The lowest BCUT2D eigenvalue weighted by molar-refractivity contribution is -0.145. The van der Waals surface area contributed by atoms with Crippen LogP contribution in [-0.4, -0.2) is 31.6 Å². The van der Waals surface area contributed by atoms with Crippen molar-refractivity contribution in [1.29, 1.82) is 0 Å². The first-order valence-electron chi connectivity index (χ1n) is 8.55. The van der Waals surface area contributed by atoms with E-state index in [1.165, 1.54) is 0 Å². The van der Waals surface area contributed by atoms with E-state index < -0.39 is 0 Å². The van der Waals surface area contributed by atoms with E-state index in [0.29, 0.717) is 37.4 Å². The van der Waals surface area contributed by atoms with Gasteiger partial charge in [-0.2, -0.15) is 0 Å². The zero-order chi connectivity index (χ0) is 18.8. The van der Waals surface area contributed by atoms with Crippen molar-refractivity contribution in [3.8, 4) is 5.75 Å². The van der Waals surface area contributed by atoms with Crippen LogP contribution in [0.1, 0.15) is 18.1 Å². The summed E-state index contributed by atoms with van der Waals surface area (Å²) in [6.45, 7) is 2.54. The van der Waals surface area contributed by atoms with Crippen molar-refractivity contribution in [2.24, 2.45) is 0 Å². The number of halogens is 1. The van der Waals surface area contributed by atoms with Gasteiger partial charge in [-0.05, 0) is 48.7 Å². The van der Waals surface area contributed by atoms with Crippen molar-refractivity contribution in [2.45, 2.75) is 19.8 Å². The summed E-state index contributed by atoms with van der Waals surface area (Å²) in [6, 6.07) is 14.7. The molecule has 146 valence electrons. The van der Waals surface area contributed by atoms with Gasteiger partial charge in [0.05, 0.1) is 13.0 Å². The summed E-state index contributed by atoms with van der Waals surface area (Å²) in [7, 11) is 0. The lowest BCUT2D eigenvalue weighted by Gasteiger charge is -2.08. The molecule has 0 atom stereocenters. The van der Waals surface area contributed by atoms with Gasteiger partial charge in [-0.1, -0.05) is 24.3 Å². The highest BCUT2D eigenvalue weighted by Gasteiger charge is 2.05. The van der Waals surface area contributed by atoms with Crippen LogP contribution < -0.4 is 15.8 Å². The maximum absolute atomic E-state index is 11.9. The molecule has 0 bridgehead atoms. The van der Waals surface area contributed by atoms with Crippen molar-refractivity contribution < 1.29 is 19.1 Å². The van der Waals surface area contributed by atoms with E-state index in [0.717, 1.165) is 11.1 Å². The van der Waals surface area contributed by atoms with Crippen LogP contribution in [0.25, 0.3) is 0 Å². The van der Waals surface area contributed by atoms with Crippen LogP contribution in [-0.2, 0) is 27.2 Å². The number of amides is 1. The molecule has 0 heterocycles. The smallest absolute Gasteiger partial charge is 0.344 e. The predicted octanol–water partition coefficient (Wildman–Crippen LogP) is 2.53. The molecular formula is C20H25ClN2O4. The van der Waals surface area contributed by atoms with Gasteiger partial charge in [0, 0.05) is 12.2 Å². The van der Waals surface area contributed by atoms with Gasteiger partial charge in [0.1, 0.15) is 5.75 Å². The van der Waals surface area contributed by atoms with Crippen LogP contribution in [0.5, 0.6) is 5.75 Å². The molecule has 0 aliphatic rings. The minimum Gasteiger partial charge on any atom is -0.482 e. The average Bonchev–Trinajstić information content (AvgIpc) is 2.63. The summed E-state index contributed by atoms with van der Waals surface area (Å²) in [5.74, 6) is 0.193. The second kappa shape index (κ2) is 11.8. The van der Waals surface area contributed by atoms with E-state index in [1.54, 1.807) is 31.2 Å². The van der Waals surface area contributed by atoms with E-state index in [2.05, 4.69) is 5.32 Å². The molecule has 0 aliphatic heterocycles. The molecule has 2 aromatic rings. The number of nitrogens with two attached hydrogens (primary N) is 1. The first-order valence-corrected chi connectivity index (χ1v) is 8.55. The van der Waals surface area contributed by atoms with Crippen molar-refractivity contribution in [2.75, 3.05) is 25.5 Å². The highest BCUT2D eigenvalue weighted by molar-refractivity contribution is 5.85. The van der Waals surface area contributed by atoms with Gasteiger partial charge < -0.3 is 20.5 Å². The van der Waals surface area contributed by atoms with Crippen LogP contribution in [0.2, 0.25) is 0 Å². The lowest BCUT2D eigenvalue weighted by atomic mass is 10.1. The SMILES string of the molecule is CCOC(=O)COc1ccc(CCNC(=O)Cc2ccc(N)cc2)cc1.Cl. The number of nitrogen functional groups attached to an aromatic ring is 1. The van der Waals surface area contributed by atoms with Gasteiger partial charge in [0.2, 0.25) is 5.91 Å². The molecule has 3 N–H and O–H groups in total. The largest absolute Gasteiger partial charge is 0.482 e. The molecule has 0 unspecified atom stereocenters. The molecule has 27 heavy (non-hydrogen) atoms. The number of nitrogens with one attached hydrogen (secondary N) is 1. The fraction of sp³-hybridized carbons (Fsp3) is 0.300. The van der Waals surface area contributed by atoms with E-state index >= 15 is 0 Å². The Labute approximate surface area is 165 Å². The number of anilines is 1. The maximum atomic E-state index is 11.9. The second-order valence-corrected chi connectivity index (χ2v) is 5.76. The normalized spacial score (nSPS) is 9.81. The maximum Gasteiger partial charge on any atom is 0.344 e. The molecule has 0 saturated carbocycles. The number of carbonyl (C=O) groups is 2. The number of hydrogen-bond acceptors (Lipinski definition) is 5. The third kappa shape index (κ3) is 8.46. The molecule has 0 aliphatic carbocycles. The minimum atomic E-state index is -0.389. The fourth-order valence-corrected chi connectivity index (χ4v) is 2.33. The zero-order valence-corrected chi connectivity index (χ0v) is 16.1. The molecule has 1 amide bonds. The Morgan fingerprint density at radius 3 is 2.26 bits per heavy atom. The molecule has 0 saturated heterocycles. The zero-order valence-electron chi connectivity index (χ0n) is 15.3. The third-order valence-electron chi connectivity index (χ3n) is 3.67. The number of rotatable bonds is 9. The highest BCUT2D eigenvalue weighted by atomic mass is 35.5. The third-order valence-corrected chi connectivity index (χ3v) is 3.67. The molecule has 7 heteroatoms. The quantitative estimate of drug-likeness (QED) is 0.505. The van der Waals surface area contributed by atoms with Crippen LogP contribution in [0, 0.1) is 0 Å². The number of hydrogen-bond donors (Lipinski definition) is 2. The Morgan fingerprint density at radius 2 is 1.63 bits per heavy atom. The lowest BCUT2D eigenvalue weighted by Crippen LogP contribution is -2.27. The number of ether oxygens (including phenoxy) is 2. The summed E-state index contributed by atoms with van der Waals surface area (Å²) in [4.78, 5) is 23.2. The van der Waals surface area contributed by atoms with Crippen molar-refractivity contribution >= 4 is 30.0 Å². The Balaban J connectivity index is 0.00000364. The molecule has 0 fully saturated rings. The molecule has 6 nitrogen and oxygen atoms in total. The highest BCUT2D eigenvalue weighted by Crippen LogP contribution is 2.12. The fourth-order valence-electron chi connectivity index (χ4n) is 2.33. The van der Waals surface area contributed by atoms with Gasteiger partial charge >= 0.3 is 5.97 Å². The predicted molar refractivity (Wildman–Crippen MR) is 107 cm³/mol. The van der Waals surface area contributed by atoms with E-state index in [9.17, 15) is 9.59 Å². The van der Waals surface area contributed by atoms with Gasteiger partial charge in [-0.15, -0.1) is 12.4 Å². The summed E-state index contributed by atoms with van der Waals surface area (Å²) in [5.41, 5.74) is 8.31. The molecule has 0 aromatic heterocycles. The molecule has 0 spiro atoms. The van der Waals surface area contributed by atoms with Gasteiger partial charge in [-0.25, -0.2) is 4.79 Å². The summed E-state index contributed by atoms with van der Waals surface area (Å²) in [6.07, 6.45) is 1.05. The Hall–Kier alpha value is -2.73. The van der Waals surface area contributed by atoms with Crippen LogP contribution in [0.15, 0.2) is 48.5 Å². The van der Waals surface area contributed by atoms with E-state index in [-0.39, 0.29) is 30.9 Å². The number of carbonyl (C=O) groups excluding carboxylic acids is 2. The monoisotopic (exact) mass is 392 g/mol. The van der Waals surface area contributed by atoms with Crippen molar-refractivity contribution in [1.82, 2.24) is 5.32 Å². The van der Waals surface area contributed by atoms with Crippen molar-refractivity contribution in [3.63, 3.8) is 0 Å². The molecule has 0 radical (unpaired) electrons. The summed E-state index contributed by atoms with van der Waals surface area (Å²) < 4.78 is 10.1. The van der Waals surface area contributed by atoms with Crippen molar-refractivity contribution in [3.05, 3.63) is 59.7 Å². The van der Waals surface area contributed by atoms with Crippen LogP contribution >= 0.6 is 12.4 Å². The van der Waals surface area contributed by atoms with Crippen LogP contribution in [0.3, 0.4) is 0 Å². The topological polar surface area (TPSA) is 90.6 Å². The summed E-state index contributed by atoms with van der Waals surface area (Å²) >= 11 is 0. The molecule has 2 rings (SSSR count). The van der Waals surface area contributed by atoms with Gasteiger partial charge in [0.25, 0.3) is 0 Å². The van der Waals surface area contributed by atoms with E-state index in [4.69, 9.17) is 15.2 Å². The molecular weight excluding hydrogens is 368 g/mol. The van der Waals surface area contributed by atoms with Crippen LogP contribution in [0.4, 0.5) is 5.69 Å². The summed E-state index contributed by atoms with van der Waals surface area (Å²) in [5, 5.41) is 2.90. The first-order chi connectivity index (χ1) is 12.6. The average molecular weight is 393 g/mol. The first kappa shape index (κ1) is 22.3. The number of esters is 1. The number of benzene rings is 2. The minimum absolute atomic E-state index is 0. The Bertz CT molecular complexity index is 718. The van der Waals surface area contributed by atoms with E-state index in [1.807, 2.05) is 24.3 Å². The van der Waals surface area contributed by atoms with Gasteiger partial charge in [0.15, 0.2) is 6.61 Å².